The number of hydrogen-bond acceptors (Lipinski definition) is 3. The van der Waals surface area contributed by atoms with E-state index in [4.69, 9.17) is 11.5 Å². The molecule has 1 fully saturated rings. The van der Waals surface area contributed by atoms with Crippen LogP contribution in [-0.2, 0) is 0 Å². The maximum absolute atomic E-state index is 5.81. The highest BCUT2D eigenvalue weighted by Gasteiger charge is 2.24. The van der Waals surface area contributed by atoms with Crippen LogP contribution in [0.3, 0.4) is 0 Å². The summed E-state index contributed by atoms with van der Waals surface area (Å²) in [6, 6.07) is 6.38. The largest absolute Gasteiger partial charge is 0.397 e. The van der Waals surface area contributed by atoms with E-state index in [9.17, 15) is 0 Å². The quantitative estimate of drug-likeness (QED) is 0.688. The smallest absolute Gasteiger partial charge is 0.0568 e. The van der Waals surface area contributed by atoms with Gasteiger partial charge in [0.2, 0.25) is 0 Å². The van der Waals surface area contributed by atoms with Crippen molar-refractivity contribution in [3.05, 3.63) is 18.2 Å². The average molecular weight is 233 g/mol. The Bertz CT molecular complexity index is 389. The van der Waals surface area contributed by atoms with Gasteiger partial charge in [0, 0.05) is 11.7 Å². The van der Waals surface area contributed by atoms with Gasteiger partial charge >= 0.3 is 0 Å². The average Bonchev–Trinajstić information content (AvgIpc) is 2.29. The molecule has 0 aliphatic heterocycles. The Kier molecular flexibility index (Phi) is 3.46. The molecular weight excluding hydrogens is 210 g/mol. The minimum atomic E-state index is 0.573. The van der Waals surface area contributed by atoms with Crippen LogP contribution >= 0.6 is 0 Å². The Hall–Kier alpha value is -1.38. The molecule has 0 saturated heterocycles. The van der Waals surface area contributed by atoms with Crippen molar-refractivity contribution >= 4 is 17.1 Å². The molecule has 0 bridgehead atoms. The third-order valence-corrected chi connectivity index (χ3v) is 4.06. The number of anilines is 3. The molecule has 1 aromatic carbocycles. The Morgan fingerprint density at radius 2 is 1.82 bits per heavy atom. The highest BCUT2D eigenvalue weighted by Crippen LogP contribution is 2.31. The van der Waals surface area contributed by atoms with Gasteiger partial charge in [-0.1, -0.05) is 13.8 Å². The normalized spacial score (nSPS) is 28.9. The first-order chi connectivity index (χ1) is 8.06. The highest BCUT2D eigenvalue weighted by atomic mass is 14.9. The molecule has 1 aromatic rings. The second kappa shape index (κ2) is 4.86. The third-order valence-electron chi connectivity index (χ3n) is 4.06. The van der Waals surface area contributed by atoms with Gasteiger partial charge in [-0.2, -0.15) is 0 Å². The van der Waals surface area contributed by atoms with Crippen LogP contribution in [0, 0.1) is 11.8 Å². The first kappa shape index (κ1) is 12.1. The molecule has 3 heteroatoms. The lowest BCUT2D eigenvalue weighted by molar-refractivity contribution is 0.261. The number of nitrogen functional groups attached to an aromatic ring is 2. The Morgan fingerprint density at radius 3 is 2.47 bits per heavy atom. The summed E-state index contributed by atoms with van der Waals surface area (Å²) in [5, 5.41) is 3.56. The molecule has 94 valence electrons. The molecule has 3 nitrogen and oxygen atoms in total. The lowest BCUT2D eigenvalue weighted by atomic mass is 9.79. The number of nitrogens with two attached hydrogens (primary N) is 2. The van der Waals surface area contributed by atoms with E-state index in [0.717, 1.165) is 17.5 Å². The van der Waals surface area contributed by atoms with Gasteiger partial charge in [-0.3, -0.25) is 0 Å². The summed E-state index contributed by atoms with van der Waals surface area (Å²) < 4.78 is 0. The Morgan fingerprint density at radius 1 is 1.06 bits per heavy atom. The van der Waals surface area contributed by atoms with E-state index in [1.54, 1.807) is 0 Å². The first-order valence-electron chi connectivity index (χ1n) is 6.48. The minimum Gasteiger partial charge on any atom is -0.397 e. The Balaban J connectivity index is 1.99. The maximum Gasteiger partial charge on any atom is 0.0568 e. The van der Waals surface area contributed by atoms with Gasteiger partial charge < -0.3 is 16.8 Å². The molecule has 3 unspecified atom stereocenters. The SMILES string of the molecule is CC1CCC(Nc2ccc(N)c(N)c2)CC1C. The van der Waals surface area contributed by atoms with E-state index in [2.05, 4.69) is 19.2 Å². The summed E-state index contributed by atoms with van der Waals surface area (Å²) in [5.74, 6) is 1.65. The molecule has 1 aliphatic rings. The van der Waals surface area contributed by atoms with E-state index < -0.39 is 0 Å². The van der Waals surface area contributed by atoms with E-state index in [0.29, 0.717) is 17.4 Å². The number of hydrogen-bond donors (Lipinski definition) is 3. The summed E-state index contributed by atoms with van der Waals surface area (Å²) in [6.45, 7) is 4.69. The lowest BCUT2D eigenvalue weighted by Gasteiger charge is -2.33. The summed E-state index contributed by atoms with van der Waals surface area (Å²) in [7, 11) is 0. The zero-order chi connectivity index (χ0) is 12.4. The fourth-order valence-corrected chi connectivity index (χ4v) is 2.58. The van der Waals surface area contributed by atoms with Gasteiger partial charge in [0.25, 0.3) is 0 Å². The molecule has 17 heavy (non-hydrogen) atoms. The molecule has 0 aromatic heterocycles. The summed E-state index contributed by atoms with van der Waals surface area (Å²) in [4.78, 5) is 0. The van der Waals surface area contributed by atoms with Crippen molar-refractivity contribution in [3.63, 3.8) is 0 Å². The van der Waals surface area contributed by atoms with Crippen LogP contribution in [-0.4, -0.2) is 6.04 Å². The van der Waals surface area contributed by atoms with Gasteiger partial charge in [-0.25, -0.2) is 0 Å². The standard InChI is InChI=1S/C14H23N3/c1-9-3-4-11(7-10(9)2)17-12-5-6-13(15)14(16)8-12/h5-6,8-11,17H,3-4,7,15-16H2,1-2H3. The number of nitrogens with one attached hydrogen (secondary N) is 1. The van der Waals surface area contributed by atoms with Gasteiger partial charge in [-0.05, 0) is 49.3 Å². The summed E-state index contributed by atoms with van der Waals surface area (Å²) in [6.07, 6.45) is 3.80. The van der Waals surface area contributed by atoms with Crippen LogP contribution in [0.5, 0.6) is 0 Å². The molecule has 3 atom stereocenters. The van der Waals surface area contributed by atoms with E-state index in [-0.39, 0.29) is 0 Å². The van der Waals surface area contributed by atoms with Crippen molar-refractivity contribution in [2.24, 2.45) is 11.8 Å². The molecule has 2 rings (SSSR count). The molecule has 0 heterocycles. The van der Waals surface area contributed by atoms with Crippen molar-refractivity contribution in [1.29, 1.82) is 0 Å². The van der Waals surface area contributed by atoms with Crippen LogP contribution in [0.4, 0.5) is 17.1 Å². The van der Waals surface area contributed by atoms with Gasteiger partial charge in [0.05, 0.1) is 11.4 Å². The van der Waals surface area contributed by atoms with Crippen LogP contribution in [0.15, 0.2) is 18.2 Å². The van der Waals surface area contributed by atoms with Crippen molar-refractivity contribution in [2.75, 3.05) is 16.8 Å². The van der Waals surface area contributed by atoms with Crippen molar-refractivity contribution in [2.45, 2.75) is 39.2 Å². The van der Waals surface area contributed by atoms with Gasteiger partial charge in [-0.15, -0.1) is 0 Å². The Labute approximate surface area is 104 Å². The lowest BCUT2D eigenvalue weighted by Crippen LogP contribution is -2.30. The molecule has 0 radical (unpaired) electrons. The van der Waals surface area contributed by atoms with Crippen LogP contribution in [0.1, 0.15) is 33.1 Å². The fourth-order valence-electron chi connectivity index (χ4n) is 2.58. The molecular formula is C14H23N3. The zero-order valence-corrected chi connectivity index (χ0v) is 10.7. The summed E-state index contributed by atoms with van der Waals surface area (Å²) in [5.41, 5.74) is 13.9. The van der Waals surface area contributed by atoms with Crippen molar-refractivity contribution in [3.8, 4) is 0 Å². The topological polar surface area (TPSA) is 64.1 Å². The predicted octanol–water partition coefficient (Wildman–Crippen LogP) is 3.09. The zero-order valence-electron chi connectivity index (χ0n) is 10.7. The predicted molar refractivity (Wildman–Crippen MR) is 74.9 cm³/mol. The van der Waals surface area contributed by atoms with E-state index in [1.165, 1.54) is 19.3 Å². The van der Waals surface area contributed by atoms with Gasteiger partial charge in [0.1, 0.15) is 0 Å². The number of benzene rings is 1. The minimum absolute atomic E-state index is 0.573. The summed E-state index contributed by atoms with van der Waals surface area (Å²) >= 11 is 0. The fraction of sp³-hybridized carbons (Fsp3) is 0.571. The van der Waals surface area contributed by atoms with Crippen molar-refractivity contribution in [1.82, 2.24) is 0 Å². The van der Waals surface area contributed by atoms with Crippen molar-refractivity contribution < 1.29 is 0 Å². The first-order valence-corrected chi connectivity index (χ1v) is 6.48. The van der Waals surface area contributed by atoms with E-state index in [1.807, 2.05) is 18.2 Å². The van der Waals surface area contributed by atoms with Crippen LogP contribution in [0.2, 0.25) is 0 Å². The maximum atomic E-state index is 5.81. The molecule has 1 aliphatic carbocycles. The number of rotatable bonds is 2. The molecule has 1 saturated carbocycles. The molecule has 5 N–H and O–H groups in total. The van der Waals surface area contributed by atoms with Crippen LogP contribution < -0.4 is 16.8 Å². The molecule has 0 amide bonds. The van der Waals surface area contributed by atoms with Crippen LogP contribution in [0.25, 0.3) is 0 Å². The van der Waals surface area contributed by atoms with Gasteiger partial charge in [0.15, 0.2) is 0 Å². The second-order valence-corrected chi connectivity index (χ2v) is 5.45. The third kappa shape index (κ3) is 2.84. The molecule has 0 spiro atoms. The highest BCUT2D eigenvalue weighted by molar-refractivity contribution is 5.69. The monoisotopic (exact) mass is 233 g/mol. The van der Waals surface area contributed by atoms with E-state index >= 15 is 0 Å². The second-order valence-electron chi connectivity index (χ2n) is 5.45.